The Balaban J connectivity index is 1.92. The zero-order chi connectivity index (χ0) is 13.1. The van der Waals surface area contributed by atoms with Crippen LogP contribution in [0.2, 0.25) is 0 Å². The summed E-state index contributed by atoms with van der Waals surface area (Å²) in [4.78, 5) is 0. The second kappa shape index (κ2) is 5.63. The number of hydrogen-bond donors (Lipinski definition) is 1. The molecule has 1 nitrogen and oxygen atoms in total. The van der Waals surface area contributed by atoms with Crippen LogP contribution in [0.1, 0.15) is 32.6 Å². The van der Waals surface area contributed by atoms with Crippen LogP contribution in [0, 0.1) is 29.3 Å². The summed E-state index contributed by atoms with van der Waals surface area (Å²) in [6.45, 7) is 2.85. The average Bonchev–Trinajstić information content (AvgIpc) is 2.34. The SMILES string of the molecule is CC1CCC(CNc2cc(F)c(F)cc2F)CC1. The summed E-state index contributed by atoms with van der Waals surface area (Å²) < 4.78 is 39.1. The lowest BCUT2D eigenvalue weighted by Gasteiger charge is -2.26. The Morgan fingerprint density at radius 1 is 1.00 bits per heavy atom. The van der Waals surface area contributed by atoms with E-state index in [4.69, 9.17) is 0 Å². The van der Waals surface area contributed by atoms with E-state index in [-0.39, 0.29) is 5.69 Å². The van der Waals surface area contributed by atoms with Crippen LogP contribution in [0.5, 0.6) is 0 Å². The topological polar surface area (TPSA) is 12.0 Å². The van der Waals surface area contributed by atoms with Crippen LogP contribution >= 0.6 is 0 Å². The summed E-state index contributed by atoms with van der Waals surface area (Å²) in [5, 5.41) is 2.88. The highest BCUT2D eigenvalue weighted by molar-refractivity contribution is 5.45. The lowest BCUT2D eigenvalue weighted by Crippen LogP contribution is -2.20. The van der Waals surface area contributed by atoms with Crippen LogP contribution in [0.25, 0.3) is 0 Å². The molecule has 0 spiro atoms. The number of rotatable bonds is 3. The van der Waals surface area contributed by atoms with Gasteiger partial charge in [-0.15, -0.1) is 0 Å². The minimum Gasteiger partial charge on any atom is -0.382 e. The Labute approximate surface area is 105 Å². The Bertz CT molecular complexity index is 412. The third-order valence-corrected chi connectivity index (χ3v) is 3.73. The number of halogens is 3. The third-order valence-electron chi connectivity index (χ3n) is 3.73. The molecule has 0 atom stereocenters. The smallest absolute Gasteiger partial charge is 0.161 e. The zero-order valence-corrected chi connectivity index (χ0v) is 10.5. The van der Waals surface area contributed by atoms with Crippen molar-refractivity contribution in [2.75, 3.05) is 11.9 Å². The molecule has 1 N–H and O–H groups in total. The molecule has 0 saturated heterocycles. The molecule has 1 aliphatic carbocycles. The minimum atomic E-state index is -1.15. The van der Waals surface area contributed by atoms with Crippen LogP contribution in [0.15, 0.2) is 12.1 Å². The molecule has 2 rings (SSSR count). The second-order valence-corrected chi connectivity index (χ2v) is 5.25. The van der Waals surface area contributed by atoms with Crippen molar-refractivity contribution in [2.45, 2.75) is 32.6 Å². The van der Waals surface area contributed by atoms with E-state index < -0.39 is 17.5 Å². The van der Waals surface area contributed by atoms with Crippen molar-refractivity contribution < 1.29 is 13.2 Å². The Morgan fingerprint density at radius 3 is 2.28 bits per heavy atom. The number of benzene rings is 1. The van der Waals surface area contributed by atoms with E-state index in [2.05, 4.69) is 12.2 Å². The van der Waals surface area contributed by atoms with E-state index in [0.29, 0.717) is 18.5 Å². The van der Waals surface area contributed by atoms with E-state index in [9.17, 15) is 13.2 Å². The molecule has 0 unspecified atom stereocenters. The van der Waals surface area contributed by atoms with Crippen LogP contribution in [-0.4, -0.2) is 6.54 Å². The van der Waals surface area contributed by atoms with Crippen molar-refractivity contribution in [3.63, 3.8) is 0 Å². The van der Waals surface area contributed by atoms with Crippen LogP contribution in [-0.2, 0) is 0 Å². The quantitative estimate of drug-likeness (QED) is 0.794. The second-order valence-electron chi connectivity index (χ2n) is 5.25. The molecule has 0 heterocycles. The van der Waals surface area contributed by atoms with Crippen LogP contribution in [0.4, 0.5) is 18.9 Å². The molecule has 1 aromatic rings. The van der Waals surface area contributed by atoms with E-state index in [1.165, 1.54) is 12.8 Å². The highest BCUT2D eigenvalue weighted by Crippen LogP contribution is 2.29. The van der Waals surface area contributed by atoms with Crippen molar-refractivity contribution in [1.29, 1.82) is 0 Å². The third kappa shape index (κ3) is 3.18. The summed E-state index contributed by atoms with van der Waals surface area (Å²) in [5.41, 5.74) is 0.0486. The molecule has 0 aliphatic heterocycles. The fourth-order valence-electron chi connectivity index (χ4n) is 2.45. The van der Waals surface area contributed by atoms with Crippen molar-refractivity contribution in [3.8, 4) is 0 Å². The van der Waals surface area contributed by atoms with Crippen LogP contribution in [0.3, 0.4) is 0 Å². The molecule has 100 valence electrons. The first-order chi connectivity index (χ1) is 8.56. The molecule has 4 heteroatoms. The molecule has 0 radical (unpaired) electrons. The molecule has 18 heavy (non-hydrogen) atoms. The molecule has 1 aliphatic rings. The number of anilines is 1. The van der Waals surface area contributed by atoms with Gasteiger partial charge in [-0.05, 0) is 24.7 Å². The predicted octanol–water partition coefficient (Wildman–Crippen LogP) is 4.34. The highest BCUT2D eigenvalue weighted by Gasteiger charge is 2.18. The molecule has 1 saturated carbocycles. The van der Waals surface area contributed by atoms with Crippen molar-refractivity contribution in [1.82, 2.24) is 0 Å². The predicted molar refractivity (Wildman–Crippen MR) is 65.9 cm³/mol. The van der Waals surface area contributed by atoms with E-state index in [1.807, 2.05) is 0 Å². The van der Waals surface area contributed by atoms with Gasteiger partial charge in [0.2, 0.25) is 0 Å². The van der Waals surface area contributed by atoms with Crippen molar-refractivity contribution in [3.05, 3.63) is 29.6 Å². The van der Waals surface area contributed by atoms with Gasteiger partial charge in [-0.2, -0.15) is 0 Å². The minimum absolute atomic E-state index is 0.0486. The van der Waals surface area contributed by atoms with Gasteiger partial charge in [0.05, 0.1) is 5.69 Å². The monoisotopic (exact) mass is 257 g/mol. The zero-order valence-electron chi connectivity index (χ0n) is 10.5. The van der Waals surface area contributed by atoms with Crippen molar-refractivity contribution in [2.24, 2.45) is 11.8 Å². The normalized spacial score (nSPS) is 24.0. The van der Waals surface area contributed by atoms with Gasteiger partial charge in [0.1, 0.15) is 5.82 Å². The summed E-state index contributed by atoms with van der Waals surface area (Å²) in [6.07, 6.45) is 4.60. The standard InChI is InChI=1S/C14H18F3N/c1-9-2-4-10(5-3-9)8-18-14-7-12(16)11(15)6-13(14)17/h6-7,9-10,18H,2-5,8H2,1H3. The van der Waals surface area contributed by atoms with E-state index in [0.717, 1.165) is 24.8 Å². The molecular weight excluding hydrogens is 239 g/mol. The van der Waals surface area contributed by atoms with Crippen molar-refractivity contribution >= 4 is 5.69 Å². The van der Waals surface area contributed by atoms with Gasteiger partial charge in [0, 0.05) is 18.7 Å². The molecule has 0 bridgehead atoms. The van der Waals surface area contributed by atoms with Gasteiger partial charge in [-0.1, -0.05) is 19.8 Å². The summed E-state index contributed by atoms with van der Waals surface area (Å²) in [7, 11) is 0. The summed E-state index contributed by atoms with van der Waals surface area (Å²) in [5.74, 6) is -1.64. The van der Waals surface area contributed by atoms with Gasteiger partial charge in [0.15, 0.2) is 11.6 Å². The largest absolute Gasteiger partial charge is 0.382 e. The summed E-state index contributed by atoms with van der Waals surface area (Å²) in [6, 6.07) is 1.47. The van der Waals surface area contributed by atoms with E-state index >= 15 is 0 Å². The fraction of sp³-hybridized carbons (Fsp3) is 0.571. The highest BCUT2D eigenvalue weighted by atomic mass is 19.2. The first-order valence-corrected chi connectivity index (χ1v) is 6.44. The first kappa shape index (κ1) is 13.2. The maximum absolute atomic E-state index is 13.4. The number of hydrogen-bond acceptors (Lipinski definition) is 1. The molecule has 0 amide bonds. The average molecular weight is 257 g/mol. The Hall–Kier alpha value is -1.19. The maximum Gasteiger partial charge on any atom is 0.161 e. The lowest BCUT2D eigenvalue weighted by molar-refractivity contribution is 0.300. The van der Waals surface area contributed by atoms with Gasteiger partial charge in [-0.25, -0.2) is 13.2 Å². The molecular formula is C14H18F3N. The van der Waals surface area contributed by atoms with Gasteiger partial charge in [0.25, 0.3) is 0 Å². The first-order valence-electron chi connectivity index (χ1n) is 6.44. The lowest BCUT2D eigenvalue weighted by atomic mass is 9.83. The molecule has 0 aromatic heterocycles. The van der Waals surface area contributed by atoms with Crippen LogP contribution < -0.4 is 5.32 Å². The Kier molecular flexibility index (Phi) is 4.15. The number of nitrogens with one attached hydrogen (secondary N) is 1. The Morgan fingerprint density at radius 2 is 1.61 bits per heavy atom. The fourth-order valence-corrected chi connectivity index (χ4v) is 2.45. The van der Waals surface area contributed by atoms with Gasteiger partial charge < -0.3 is 5.32 Å². The summed E-state index contributed by atoms with van der Waals surface area (Å²) >= 11 is 0. The van der Waals surface area contributed by atoms with Gasteiger partial charge in [-0.3, -0.25) is 0 Å². The molecule has 1 fully saturated rings. The molecule has 1 aromatic carbocycles. The maximum atomic E-state index is 13.4. The van der Waals surface area contributed by atoms with E-state index in [1.54, 1.807) is 0 Å². The van der Waals surface area contributed by atoms with Gasteiger partial charge >= 0.3 is 0 Å².